The number of amides is 1. The van der Waals surface area contributed by atoms with Crippen molar-refractivity contribution in [3.8, 4) is 0 Å². The highest BCUT2D eigenvalue weighted by Gasteiger charge is 2.04. The average molecular weight is 236 g/mol. The topological polar surface area (TPSA) is 92.4 Å². The molecule has 0 unspecified atom stereocenters. The molecule has 0 heterocycles. The van der Waals surface area contributed by atoms with Gasteiger partial charge in [0.25, 0.3) is 0 Å². The molecule has 5 nitrogen and oxygen atoms in total. The maximum Gasteiger partial charge on any atom is 0.335 e. The third-order valence-corrected chi connectivity index (χ3v) is 2.27. The summed E-state index contributed by atoms with van der Waals surface area (Å²) in [4.78, 5) is 22.0. The van der Waals surface area contributed by atoms with Gasteiger partial charge < -0.3 is 16.2 Å². The Hall–Kier alpha value is -1.88. The Bertz CT molecular complexity index is 387. The number of hydrogen-bond acceptors (Lipinski definition) is 3. The standard InChI is InChI=1S/C12H16N2O3/c13-8-2-1-3-11(15)14-10-6-4-9(5-7-10)12(16)17/h4-7H,1-3,8,13H2,(H,14,15)(H,16,17). The van der Waals surface area contributed by atoms with Crippen molar-refractivity contribution in [2.75, 3.05) is 11.9 Å². The summed E-state index contributed by atoms with van der Waals surface area (Å²) in [6.07, 6.45) is 2.01. The number of carbonyl (C=O) groups is 2. The van der Waals surface area contributed by atoms with E-state index in [1.54, 1.807) is 12.1 Å². The second-order valence-electron chi connectivity index (χ2n) is 3.68. The van der Waals surface area contributed by atoms with Gasteiger partial charge in [0, 0.05) is 12.1 Å². The van der Waals surface area contributed by atoms with Gasteiger partial charge in [0.2, 0.25) is 5.91 Å². The Balaban J connectivity index is 2.46. The maximum absolute atomic E-state index is 11.4. The van der Waals surface area contributed by atoms with Gasteiger partial charge in [0.1, 0.15) is 0 Å². The molecule has 0 spiro atoms. The van der Waals surface area contributed by atoms with Crippen LogP contribution in [-0.2, 0) is 4.79 Å². The molecule has 0 saturated heterocycles. The van der Waals surface area contributed by atoms with E-state index in [0.717, 1.165) is 12.8 Å². The number of anilines is 1. The van der Waals surface area contributed by atoms with Gasteiger partial charge in [-0.25, -0.2) is 4.79 Å². The molecule has 1 rings (SSSR count). The fourth-order valence-corrected chi connectivity index (χ4v) is 1.35. The number of carboxylic acids is 1. The number of nitrogens with two attached hydrogens (primary N) is 1. The SMILES string of the molecule is NCCCCC(=O)Nc1ccc(C(=O)O)cc1. The van der Waals surface area contributed by atoms with Crippen LogP contribution in [-0.4, -0.2) is 23.5 Å². The lowest BCUT2D eigenvalue weighted by molar-refractivity contribution is -0.116. The largest absolute Gasteiger partial charge is 0.478 e. The molecule has 92 valence electrons. The number of unbranched alkanes of at least 4 members (excludes halogenated alkanes) is 1. The van der Waals surface area contributed by atoms with Crippen LogP contribution in [0.5, 0.6) is 0 Å². The summed E-state index contributed by atoms with van der Waals surface area (Å²) in [6, 6.07) is 6.06. The van der Waals surface area contributed by atoms with Crippen molar-refractivity contribution < 1.29 is 14.7 Å². The molecule has 0 radical (unpaired) electrons. The number of carbonyl (C=O) groups excluding carboxylic acids is 1. The minimum Gasteiger partial charge on any atom is -0.478 e. The molecule has 0 bridgehead atoms. The number of hydrogen-bond donors (Lipinski definition) is 3. The second-order valence-corrected chi connectivity index (χ2v) is 3.68. The summed E-state index contributed by atoms with van der Waals surface area (Å²) < 4.78 is 0. The van der Waals surface area contributed by atoms with Crippen LogP contribution < -0.4 is 11.1 Å². The number of rotatable bonds is 6. The molecule has 0 aliphatic heterocycles. The zero-order valence-corrected chi connectivity index (χ0v) is 9.48. The third-order valence-electron chi connectivity index (χ3n) is 2.27. The van der Waals surface area contributed by atoms with E-state index in [4.69, 9.17) is 10.8 Å². The van der Waals surface area contributed by atoms with Crippen LogP contribution in [0.1, 0.15) is 29.6 Å². The van der Waals surface area contributed by atoms with Gasteiger partial charge in [0.05, 0.1) is 5.56 Å². The molecule has 5 heteroatoms. The highest BCUT2D eigenvalue weighted by Crippen LogP contribution is 2.10. The molecule has 0 atom stereocenters. The Labute approximate surface area is 99.6 Å². The summed E-state index contributed by atoms with van der Waals surface area (Å²) in [6.45, 7) is 0.584. The van der Waals surface area contributed by atoms with Crippen LogP contribution >= 0.6 is 0 Å². The highest BCUT2D eigenvalue weighted by atomic mass is 16.4. The van der Waals surface area contributed by atoms with E-state index >= 15 is 0 Å². The van der Waals surface area contributed by atoms with Crippen molar-refractivity contribution in [3.05, 3.63) is 29.8 Å². The van der Waals surface area contributed by atoms with Gasteiger partial charge in [-0.2, -0.15) is 0 Å². The molecular formula is C12H16N2O3. The normalized spacial score (nSPS) is 9.94. The molecule has 1 amide bonds. The summed E-state index contributed by atoms with van der Waals surface area (Å²) >= 11 is 0. The fourth-order valence-electron chi connectivity index (χ4n) is 1.35. The van der Waals surface area contributed by atoms with Crippen molar-refractivity contribution in [1.29, 1.82) is 0 Å². The number of benzene rings is 1. The second kappa shape index (κ2) is 6.65. The maximum atomic E-state index is 11.4. The Morgan fingerprint density at radius 2 is 1.82 bits per heavy atom. The summed E-state index contributed by atoms with van der Waals surface area (Å²) in [5, 5.41) is 11.4. The van der Waals surface area contributed by atoms with Crippen LogP contribution in [0, 0.1) is 0 Å². The highest BCUT2D eigenvalue weighted by molar-refractivity contribution is 5.92. The molecule has 0 aromatic heterocycles. The quantitative estimate of drug-likeness (QED) is 0.652. The van der Waals surface area contributed by atoms with E-state index < -0.39 is 5.97 Å². The third kappa shape index (κ3) is 4.65. The van der Waals surface area contributed by atoms with Gasteiger partial charge >= 0.3 is 5.97 Å². The summed E-state index contributed by atoms with van der Waals surface area (Å²) in [7, 11) is 0. The molecule has 0 aliphatic rings. The van der Waals surface area contributed by atoms with Crippen LogP contribution in [0.4, 0.5) is 5.69 Å². The van der Waals surface area contributed by atoms with Gasteiger partial charge in [-0.1, -0.05) is 0 Å². The molecule has 1 aromatic rings. The molecule has 17 heavy (non-hydrogen) atoms. The predicted octanol–water partition coefficient (Wildman–Crippen LogP) is 1.45. The fraction of sp³-hybridized carbons (Fsp3) is 0.333. The lowest BCUT2D eigenvalue weighted by Crippen LogP contribution is -2.12. The van der Waals surface area contributed by atoms with Crippen molar-refractivity contribution in [1.82, 2.24) is 0 Å². The van der Waals surface area contributed by atoms with Crippen molar-refractivity contribution >= 4 is 17.6 Å². The van der Waals surface area contributed by atoms with E-state index in [-0.39, 0.29) is 11.5 Å². The smallest absolute Gasteiger partial charge is 0.335 e. The minimum absolute atomic E-state index is 0.0819. The molecule has 0 aliphatic carbocycles. The Morgan fingerprint density at radius 3 is 2.35 bits per heavy atom. The predicted molar refractivity (Wildman–Crippen MR) is 64.9 cm³/mol. The lowest BCUT2D eigenvalue weighted by Gasteiger charge is -2.05. The first-order valence-electron chi connectivity index (χ1n) is 5.47. The molecule has 0 saturated carbocycles. The number of nitrogens with one attached hydrogen (secondary N) is 1. The van der Waals surface area contributed by atoms with E-state index in [1.165, 1.54) is 12.1 Å². The first kappa shape index (κ1) is 13.2. The van der Waals surface area contributed by atoms with E-state index in [9.17, 15) is 9.59 Å². The van der Waals surface area contributed by atoms with Crippen molar-refractivity contribution in [2.24, 2.45) is 5.73 Å². The monoisotopic (exact) mass is 236 g/mol. The van der Waals surface area contributed by atoms with Gasteiger partial charge in [0.15, 0.2) is 0 Å². The van der Waals surface area contributed by atoms with E-state index in [1.807, 2.05) is 0 Å². The van der Waals surface area contributed by atoms with Crippen LogP contribution in [0.15, 0.2) is 24.3 Å². The Morgan fingerprint density at radius 1 is 1.18 bits per heavy atom. The van der Waals surface area contributed by atoms with Crippen LogP contribution in [0.2, 0.25) is 0 Å². The average Bonchev–Trinajstić information content (AvgIpc) is 2.30. The zero-order chi connectivity index (χ0) is 12.7. The van der Waals surface area contributed by atoms with Crippen LogP contribution in [0.3, 0.4) is 0 Å². The summed E-state index contributed by atoms with van der Waals surface area (Å²) in [5.41, 5.74) is 6.13. The lowest BCUT2D eigenvalue weighted by atomic mass is 10.2. The summed E-state index contributed by atoms with van der Waals surface area (Å²) in [5.74, 6) is -1.06. The minimum atomic E-state index is -0.981. The molecular weight excluding hydrogens is 220 g/mol. The van der Waals surface area contributed by atoms with Crippen molar-refractivity contribution in [2.45, 2.75) is 19.3 Å². The van der Waals surface area contributed by atoms with Crippen molar-refractivity contribution in [3.63, 3.8) is 0 Å². The van der Waals surface area contributed by atoms with Gasteiger partial charge in [-0.3, -0.25) is 4.79 Å². The number of aromatic carboxylic acids is 1. The first-order valence-corrected chi connectivity index (χ1v) is 5.47. The van der Waals surface area contributed by atoms with E-state index in [2.05, 4.69) is 5.32 Å². The molecule has 0 fully saturated rings. The first-order chi connectivity index (χ1) is 8.13. The Kier molecular flexibility index (Phi) is 5.16. The zero-order valence-electron chi connectivity index (χ0n) is 9.48. The molecule has 4 N–H and O–H groups in total. The van der Waals surface area contributed by atoms with E-state index in [0.29, 0.717) is 18.7 Å². The molecule has 1 aromatic carbocycles. The van der Waals surface area contributed by atoms with Crippen LogP contribution in [0.25, 0.3) is 0 Å². The van der Waals surface area contributed by atoms with Gasteiger partial charge in [-0.05, 0) is 43.7 Å². The number of carboxylic acid groups (broad SMARTS) is 1. The van der Waals surface area contributed by atoms with Gasteiger partial charge in [-0.15, -0.1) is 0 Å².